The zero-order chi connectivity index (χ0) is 15.3. The summed E-state index contributed by atoms with van der Waals surface area (Å²) in [5, 5.41) is -0.0259. The molecule has 1 aromatic rings. The van der Waals surface area contributed by atoms with Crippen molar-refractivity contribution in [1.82, 2.24) is 0 Å². The first-order valence-electron chi connectivity index (χ1n) is 5.11. The molecule has 0 saturated carbocycles. The molecule has 0 bridgehead atoms. The van der Waals surface area contributed by atoms with E-state index in [0.717, 1.165) is 6.07 Å². The van der Waals surface area contributed by atoms with E-state index >= 15 is 0 Å². The Labute approximate surface area is 145 Å². The number of methoxy groups -OCH3 is 1. The van der Waals surface area contributed by atoms with E-state index in [4.69, 9.17) is 25.8 Å². The maximum Gasteiger partial charge on any atom is 0.346 e. The molecule has 1 aromatic carbocycles. The molecule has 0 aliphatic rings. The Hall–Kier alpha value is 0.110. The van der Waals surface area contributed by atoms with Gasteiger partial charge in [0.15, 0.2) is 8.75 Å². The van der Waals surface area contributed by atoms with Crippen molar-refractivity contribution in [2.75, 3.05) is 13.7 Å². The number of halogens is 5. The molecule has 1 unspecified atom stereocenters. The van der Waals surface area contributed by atoms with Gasteiger partial charge in [0.2, 0.25) is 6.29 Å². The highest BCUT2D eigenvalue weighted by Crippen LogP contribution is 2.39. The summed E-state index contributed by atoms with van der Waals surface area (Å²) >= 11 is 15.0. The van der Waals surface area contributed by atoms with Gasteiger partial charge in [-0.15, -0.1) is 0 Å². The van der Waals surface area contributed by atoms with E-state index < -0.39 is 26.8 Å². The topological polar surface area (TPSA) is 44.8 Å². The molecule has 0 aromatic heterocycles. The van der Waals surface area contributed by atoms with Crippen molar-refractivity contribution >= 4 is 65.4 Å². The third-order valence-corrected chi connectivity index (χ3v) is 3.40. The Bertz CT molecular complexity index is 481. The molecule has 0 amide bonds. The van der Waals surface area contributed by atoms with E-state index in [1.165, 1.54) is 19.2 Å². The standard InChI is InChI=1S/C11H9Br3ClFO4/c1-18-10(11(12,13)14)20-9(17)5-19-6-2-3-7(15)8(16)4-6/h2-4,10H,5H2,1H3. The Morgan fingerprint density at radius 2 is 2.10 bits per heavy atom. The lowest BCUT2D eigenvalue weighted by molar-refractivity contribution is -0.172. The van der Waals surface area contributed by atoms with Crippen LogP contribution in [-0.2, 0) is 14.3 Å². The van der Waals surface area contributed by atoms with E-state index in [1.807, 2.05) is 0 Å². The number of rotatable bonds is 5. The zero-order valence-electron chi connectivity index (χ0n) is 10.0. The summed E-state index contributed by atoms with van der Waals surface area (Å²) in [5.74, 6) is -1.15. The maximum atomic E-state index is 13.2. The smallest absolute Gasteiger partial charge is 0.346 e. The number of alkyl halides is 3. The summed E-state index contributed by atoms with van der Waals surface area (Å²) in [6, 6.07) is 3.85. The molecule has 4 nitrogen and oxygen atoms in total. The summed E-state index contributed by atoms with van der Waals surface area (Å²) in [6.07, 6.45) is -0.930. The lowest BCUT2D eigenvalue weighted by atomic mass is 10.3. The van der Waals surface area contributed by atoms with Crippen LogP contribution in [0, 0.1) is 5.82 Å². The predicted molar refractivity (Wildman–Crippen MR) is 83.3 cm³/mol. The molecule has 112 valence electrons. The van der Waals surface area contributed by atoms with E-state index in [9.17, 15) is 9.18 Å². The van der Waals surface area contributed by atoms with E-state index in [2.05, 4.69) is 47.8 Å². The van der Waals surface area contributed by atoms with Crippen LogP contribution >= 0.6 is 59.4 Å². The van der Waals surface area contributed by atoms with Gasteiger partial charge >= 0.3 is 5.97 Å². The van der Waals surface area contributed by atoms with Crippen LogP contribution in [0.5, 0.6) is 5.75 Å². The van der Waals surface area contributed by atoms with E-state index in [1.54, 1.807) is 0 Å². The molecule has 0 aliphatic carbocycles. The van der Waals surface area contributed by atoms with Crippen molar-refractivity contribution in [3.63, 3.8) is 0 Å². The van der Waals surface area contributed by atoms with Gasteiger partial charge in [-0.2, -0.15) is 0 Å². The number of hydrogen-bond donors (Lipinski definition) is 0. The minimum atomic E-state index is -0.930. The minimum Gasteiger partial charge on any atom is -0.482 e. The molecule has 0 radical (unpaired) electrons. The molecule has 9 heteroatoms. The maximum absolute atomic E-state index is 13.2. The van der Waals surface area contributed by atoms with Crippen LogP contribution in [0.2, 0.25) is 5.02 Å². The van der Waals surface area contributed by atoms with E-state index in [-0.39, 0.29) is 10.8 Å². The fourth-order valence-electron chi connectivity index (χ4n) is 1.11. The molecule has 0 heterocycles. The van der Waals surface area contributed by atoms with Crippen molar-refractivity contribution in [3.05, 3.63) is 29.0 Å². The normalized spacial score (nSPS) is 12.9. The lowest BCUT2D eigenvalue weighted by Crippen LogP contribution is -2.33. The molecule has 1 rings (SSSR count). The van der Waals surface area contributed by atoms with Gasteiger partial charge in [-0.1, -0.05) is 59.4 Å². The van der Waals surface area contributed by atoms with Gasteiger partial charge in [0, 0.05) is 13.2 Å². The predicted octanol–water partition coefficient (Wildman–Crippen LogP) is 4.21. The van der Waals surface area contributed by atoms with Crippen LogP contribution in [0.1, 0.15) is 0 Å². The van der Waals surface area contributed by atoms with Crippen molar-refractivity contribution in [2.24, 2.45) is 0 Å². The Morgan fingerprint density at radius 3 is 2.60 bits per heavy atom. The number of carbonyl (C=O) groups is 1. The van der Waals surface area contributed by atoms with Crippen LogP contribution in [-0.4, -0.2) is 28.1 Å². The van der Waals surface area contributed by atoms with Gasteiger partial charge in [-0.25, -0.2) is 9.18 Å². The first-order chi connectivity index (χ1) is 9.24. The molecular weight excluding hydrogens is 490 g/mol. The fraction of sp³-hybridized carbons (Fsp3) is 0.364. The summed E-state index contributed by atoms with van der Waals surface area (Å²) in [4.78, 5) is 11.6. The number of esters is 1. The molecule has 0 N–H and O–H groups in total. The second-order valence-electron chi connectivity index (χ2n) is 3.46. The van der Waals surface area contributed by atoms with Crippen LogP contribution in [0.15, 0.2) is 18.2 Å². The lowest BCUT2D eigenvalue weighted by Gasteiger charge is -2.23. The molecule has 20 heavy (non-hydrogen) atoms. The molecule has 0 spiro atoms. The Balaban J connectivity index is 2.53. The van der Waals surface area contributed by atoms with Crippen molar-refractivity contribution in [3.8, 4) is 5.75 Å². The fourth-order valence-corrected chi connectivity index (χ4v) is 2.07. The summed E-state index contributed by atoms with van der Waals surface area (Å²) in [5.41, 5.74) is 0. The van der Waals surface area contributed by atoms with Gasteiger partial charge < -0.3 is 14.2 Å². The summed E-state index contributed by atoms with van der Waals surface area (Å²) < 4.78 is 27.3. The van der Waals surface area contributed by atoms with Gasteiger partial charge in [0.25, 0.3) is 0 Å². The van der Waals surface area contributed by atoms with Gasteiger partial charge in [-0.3, -0.25) is 0 Å². The number of carbonyl (C=O) groups excluding carboxylic acids is 1. The highest BCUT2D eigenvalue weighted by molar-refractivity contribution is 9.39. The first kappa shape index (κ1) is 18.2. The number of benzene rings is 1. The van der Waals surface area contributed by atoms with E-state index in [0.29, 0.717) is 0 Å². The van der Waals surface area contributed by atoms with Crippen LogP contribution in [0.3, 0.4) is 0 Å². The quantitative estimate of drug-likeness (QED) is 0.346. The number of ether oxygens (including phenoxy) is 3. The van der Waals surface area contributed by atoms with Crippen LogP contribution < -0.4 is 4.74 Å². The minimum absolute atomic E-state index is 0.0259. The SMILES string of the molecule is COC(OC(=O)COc1ccc(Cl)c(F)c1)C(Br)(Br)Br. The molecule has 0 aliphatic heterocycles. The van der Waals surface area contributed by atoms with Crippen LogP contribution in [0.25, 0.3) is 0 Å². The molecule has 0 fully saturated rings. The Kier molecular flexibility index (Phi) is 7.20. The monoisotopic (exact) mass is 496 g/mol. The van der Waals surface area contributed by atoms with Crippen LogP contribution in [0.4, 0.5) is 4.39 Å². The largest absolute Gasteiger partial charge is 0.482 e. The van der Waals surface area contributed by atoms with Crippen molar-refractivity contribution in [2.45, 2.75) is 8.43 Å². The summed E-state index contributed by atoms with van der Waals surface area (Å²) in [7, 11) is 1.37. The Morgan fingerprint density at radius 1 is 1.45 bits per heavy atom. The third kappa shape index (κ3) is 5.85. The highest BCUT2D eigenvalue weighted by atomic mass is 80.0. The van der Waals surface area contributed by atoms with Gasteiger partial charge in [-0.05, 0) is 12.1 Å². The number of hydrogen-bond acceptors (Lipinski definition) is 4. The highest BCUT2D eigenvalue weighted by Gasteiger charge is 2.34. The molecule has 0 saturated heterocycles. The third-order valence-electron chi connectivity index (χ3n) is 1.97. The first-order valence-corrected chi connectivity index (χ1v) is 7.86. The van der Waals surface area contributed by atoms with Crippen molar-refractivity contribution < 1.29 is 23.4 Å². The average Bonchev–Trinajstić information content (AvgIpc) is 2.36. The zero-order valence-corrected chi connectivity index (χ0v) is 15.6. The second kappa shape index (κ2) is 7.93. The summed E-state index contributed by atoms with van der Waals surface area (Å²) in [6.45, 7) is -0.399. The van der Waals surface area contributed by atoms with Crippen molar-refractivity contribution in [1.29, 1.82) is 0 Å². The molecule has 1 atom stereocenters. The van der Waals surface area contributed by atoms with Gasteiger partial charge in [0.1, 0.15) is 11.6 Å². The molecular formula is C11H9Br3ClFO4. The van der Waals surface area contributed by atoms with Gasteiger partial charge in [0.05, 0.1) is 5.02 Å². The second-order valence-corrected chi connectivity index (χ2v) is 10.8. The average molecular weight is 499 g/mol.